The first-order chi connectivity index (χ1) is 7.69. The smallest absolute Gasteiger partial charge is 0.128 e. The highest BCUT2D eigenvalue weighted by Gasteiger charge is 2.40. The standard InChI is InChI=1S/C12H21N3O/c1-15-9-8-14-11(15)10(13)12(16-2)6-4-3-5-7-12/h8-10H,3-7,13H2,1-2H3. The number of nitrogens with two attached hydrogens (primary N) is 1. The van der Waals surface area contributed by atoms with E-state index in [0.717, 1.165) is 18.7 Å². The summed E-state index contributed by atoms with van der Waals surface area (Å²) >= 11 is 0. The summed E-state index contributed by atoms with van der Waals surface area (Å²) in [4.78, 5) is 4.34. The Bertz CT molecular complexity index is 342. The highest BCUT2D eigenvalue weighted by Crippen LogP contribution is 2.39. The summed E-state index contributed by atoms with van der Waals surface area (Å²) in [5.41, 5.74) is 6.14. The van der Waals surface area contributed by atoms with Gasteiger partial charge in [0.05, 0.1) is 11.6 Å². The third kappa shape index (κ3) is 1.87. The predicted octanol–water partition coefficient (Wildman–Crippen LogP) is 1.77. The van der Waals surface area contributed by atoms with Gasteiger partial charge in [0.2, 0.25) is 0 Å². The fraction of sp³-hybridized carbons (Fsp3) is 0.750. The van der Waals surface area contributed by atoms with Crippen LogP contribution in [0.15, 0.2) is 12.4 Å². The van der Waals surface area contributed by atoms with Crippen LogP contribution in [0, 0.1) is 0 Å². The number of imidazole rings is 1. The molecule has 4 heteroatoms. The van der Waals surface area contributed by atoms with Crippen molar-refractivity contribution in [2.24, 2.45) is 12.8 Å². The fourth-order valence-electron chi connectivity index (χ4n) is 2.70. The van der Waals surface area contributed by atoms with Gasteiger partial charge in [-0.25, -0.2) is 4.98 Å². The van der Waals surface area contributed by atoms with Crippen LogP contribution in [0.2, 0.25) is 0 Å². The molecule has 1 unspecified atom stereocenters. The second kappa shape index (κ2) is 4.55. The van der Waals surface area contributed by atoms with Crippen LogP contribution in [0.1, 0.15) is 44.0 Å². The van der Waals surface area contributed by atoms with Gasteiger partial charge in [0, 0.05) is 26.6 Å². The minimum absolute atomic E-state index is 0.127. The van der Waals surface area contributed by atoms with Crippen LogP contribution >= 0.6 is 0 Å². The van der Waals surface area contributed by atoms with E-state index in [4.69, 9.17) is 10.5 Å². The van der Waals surface area contributed by atoms with E-state index in [2.05, 4.69) is 4.98 Å². The monoisotopic (exact) mass is 223 g/mol. The molecule has 0 bridgehead atoms. The first-order valence-electron chi connectivity index (χ1n) is 5.97. The fourth-order valence-corrected chi connectivity index (χ4v) is 2.70. The first kappa shape index (κ1) is 11.6. The highest BCUT2D eigenvalue weighted by atomic mass is 16.5. The summed E-state index contributed by atoms with van der Waals surface area (Å²) in [7, 11) is 3.75. The van der Waals surface area contributed by atoms with Crippen molar-refractivity contribution >= 4 is 0 Å². The molecule has 0 amide bonds. The van der Waals surface area contributed by atoms with Gasteiger partial charge in [-0.05, 0) is 12.8 Å². The molecule has 1 aromatic rings. The van der Waals surface area contributed by atoms with Crippen molar-refractivity contribution in [2.45, 2.75) is 43.7 Å². The van der Waals surface area contributed by atoms with Gasteiger partial charge in [0.15, 0.2) is 0 Å². The molecule has 1 aliphatic rings. The van der Waals surface area contributed by atoms with E-state index in [1.807, 2.05) is 17.8 Å². The molecule has 2 N–H and O–H groups in total. The van der Waals surface area contributed by atoms with Gasteiger partial charge in [-0.1, -0.05) is 19.3 Å². The SMILES string of the molecule is COC1(C(N)c2nccn2C)CCCCC1. The minimum atomic E-state index is -0.211. The molecule has 1 saturated carbocycles. The molecule has 0 radical (unpaired) electrons. The second-order valence-electron chi connectivity index (χ2n) is 4.70. The number of nitrogens with zero attached hydrogens (tertiary/aromatic N) is 2. The normalized spacial score (nSPS) is 21.9. The number of hydrogen-bond donors (Lipinski definition) is 1. The largest absolute Gasteiger partial charge is 0.376 e. The van der Waals surface area contributed by atoms with Crippen LogP contribution in [-0.2, 0) is 11.8 Å². The molecule has 0 saturated heterocycles. The molecule has 1 aromatic heterocycles. The van der Waals surface area contributed by atoms with E-state index in [1.54, 1.807) is 13.3 Å². The molecular formula is C12H21N3O. The molecule has 0 aromatic carbocycles. The topological polar surface area (TPSA) is 53.1 Å². The predicted molar refractivity (Wildman–Crippen MR) is 63.0 cm³/mol. The number of rotatable bonds is 3. The zero-order chi connectivity index (χ0) is 11.6. The molecule has 90 valence electrons. The van der Waals surface area contributed by atoms with Crippen molar-refractivity contribution in [3.63, 3.8) is 0 Å². The Morgan fingerprint density at radius 1 is 1.44 bits per heavy atom. The van der Waals surface area contributed by atoms with Crippen molar-refractivity contribution < 1.29 is 4.74 Å². The molecule has 16 heavy (non-hydrogen) atoms. The van der Waals surface area contributed by atoms with Crippen molar-refractivity contribution in [3.05, 3.63) is 18.2 Å². The van der Waals surface area contributed by atoms with Crippen LogP contribution in [-0.4, -0.2) is 22.3 Å². The van der Waals surface area contributed by atoms with Gasteiger partial charge in [0.25, 0.3) is 0 Å². The van der Waals surface area contributed by atoms with Gasteiger partial charge in [-0.15, -0.1) is 0 Å². The summed E-state index contributed by atoms with van der Waals surface area (Å²) in [6.07, 6.45) is 9.49. The Morgan fingerprint density at radius 2 is 2.12 bits per heavy atom. The average Bonchev–Trinajstić information content (AvgIpc) is 2.75. The number of ether oxygens (including phenoxy) is 1. The van der Waals surface area contributed by atoms with Gasteiger partial charge >= 0.3 is 0 Å². The molecule has 1 heterocycles. The zero-order valence-electron chi connectivity index (χ0n) is 10.1. The Morgan fingerprint density at radius 3 is 2.62 bits per heavy atom. The molecule has 1 fully saturated rings. The highest BCUT2D eigenvalue weighted by molar-refractivity contribution is 5.07. The molecule has 4 nitrogen and oxygen atoms in total. The van der Waals surface area contributed by atoms with Gasteiger partial charge < -0.3 is 15.0 Å². The molecule has 1 aliphatic carbocycles. The van der Waals surface area contributed by atoms with Crippen LogP contribution in [0.4, 0.5) is 0 Å². The maximum absolute atomic E-state index is 6.35. The summed E-state index contributed by atoms with van der Waals surface area (Å²) in [5.74, 6) is 0.920. The molecule has 0 spiro atoms. The Kier molecular flexibility index (Phi) is 3.30. The van der Waals surface area contributed by atoms with Crippen LogP contribution in [0.25, 0.3) is 0 Å². The van der Waals surface area contributed by atoms with Gasteiger partial charge in [-0.2, -0.15) is 0 Å². The van der Waals surface area contributed by atoms with Gasteiger partial charge in [-0.3, -0.25) is 0 Å². The van der Waals surface area contributed by atoms with Gasteiger partial charge in [0.1, 0.15) is 5.82 Å². The Balaban J connectivity index is 2.24. The maximum Gasteiger partial charge on any atom is 0.128 e. The minimum Gasteiger partial charge on any atom is -0.376 e. The van der Waals surface area contributed by atoms with Crippen molar-refractivity contribution in [1.82, 2.24) is 9.55 Å². The summed E-state index contributed by atoms with van der Waals surface area (Å²) in [6.45, 7) is 0. The first-order valence-corrected chi connectivity index (χ1v) is 5.97. The summed E-state index contributed by atoms with van der Waals surface area (Å²) < 4.78 is 7.73. The van der Waals surface area contributed by atoms with Crippen LogP contribution < -0.4 is 5.73 Å². The zero-order valence-corrected chi connectivity index (χ0v) is 10.1. The quantitative estimate of drug-likeness (QED) is 0.849. The lowest BCUT2D eigenvalue weighted by atomic mass is 9.79. The molecular weight excluding hydrogens is 202 g/mol. The van der Waals surface area contributed by atoms with Crippen molar-refractivity contribution in [1.29, 1.82) is 0 Å². The van der Waals surface area contributed by atoms with E-state index < -0.39 is 0 Å². The summed E-state index contributed by atoms with van der Waals surface area (Å²) in [5, 5.41) is 0. The summed E-state index contributed by atoms with van der Waals surface area (Å²) in [6, 6.07) is -0.127. The number of methoxy groups -OCH3 is 1. The van der Waals surface area contributed by atoms with E-state index in [9.17, 15) is 0 Å². The van der Waals surface area contributed by atoms with E-state index >= 15 is 0 Å². The van der Waals surface area contributed by atoms with E-state index in [1.165, 1.54) is 19.3 Å². The van der Waals surface area contributed by atoms with Crippen LogP contribution in [0.3, 0.4) is 0 Å². The second-order valence-corrected chi connectivity index (χ2v) is 4.70. The van der Waals surface area contributed by atoms with Crippen molar-refractivity contribution in [3.8, 4) is 0 Å². The Hall–Kier alpha value is -0.870. The Labute approximate surface area is 96.8 Å². The third-order valence-electron chi connectivity index (χ3n) is 3.81. The maximum atomic E-state index is 6.35. The van der Waals surface area contributed by atoms with E-state index in [0.29, 0.717) is 0 Å². The lowest BCUT2D eigenvalue weighted by Crippen LogP contribution is -2.45. The number of aryl methyl sites for hydroxylation is 1. The van der Waals surface area contributed by atoms with E-state index in [-0.39, 0.29) is 11.6 Å². The van der Waals surface area contributed by atoms with Crippen molar-refractivity contribution in [2.75, 3.05) is 7.11 Å². The molecule has 0 aliphatic heterocycles. The molecule has 1 atom stereocenters. The molecule has 2 rings (SSSR count). The lowest BCUT2D eigenvalue weighted by molar-refractivity contribution is -0.0618. The number of aromatic nitrogens is 2. The lowest BCUT2D eigenvalue weighted by Gasteiger charge is -2.40. The third-order valence-corrected chi connectivity index (χ3v) is 3.81. The number of hydrogen-bond acceptors (Lipinski definition) is 3. The average molecular weight is 223 g/mol. The van der Waals surface area contributed by atoms with Crippen LogP contribution in [0.5, 0.6) is 0 Å².